The van der Waals surface area contributed by atoms with Crippen molar-refractivity contribution < 1.29 is 24.2 Å². The number of methoxy groups -OCH3 is 1. The third-order valence-electron chi connectivity index (χ3n) is 2.10. The Hall–Kier alpha value is -2.30. The van der Waals surface area contributed by atoms with E-state index in [0.29, 0.717) is 5.56 Å². The molecule has 5 nitrogen and oxygen atoms in total. The van der Waals surface area contributed by atoms with E-state index in [4.69, 9.17) is 9.84 Å². The maximum atomic E-state index is 11.6. The van der Waals surface area contributed by atoms with Crippen LogP contribution >= 0.6 is 0 Å². The lowest BCUT2D eigenvalue weighted by atomic mass is 10.1. The molecule has 1 aromatic carbocycles. The van der Waals surface area contributed by atoms with E-state index in [1.807, 2.05) is 0 Å². The minimum atomic E-state index is -0.762. The molecule has 0 saturated heterocycles. The van der Waals surface area contributed by atoms with E-state index in [1.54, 1.807) is 19.1 Å². The Morgan fingerprint density at radius 1 is 1.22 bits per heavy atom. The maximum Gasteiger partial charge on any atom is 0.345 e. The number of aromatic hydroxyl groups is 1. The number of hydrogen-bond donors (Lipinski definition) is 1. The van der Waals surface area contributed by atoms with Crippen LogP contribution in [-0.2, 0) is 19.1 Å². The summed E-state index contributed by atoms with van der Waals surface area (Å²) in [6.07, 6.45) is 1.35. The van der Waals surface area contributed by atoms with Gasteiger partial charge in [-0.25, -0.2) is 9.59 Å². The van der Waals surface area contributed by atoms with Crippen LogP contribution in [0.25, 0.3) is 6.08 Å². The predicted octanol–water partition coefficient (Wildman–Crippen LogP) is 1.51. The highest BCUT2D eigenvalue weighted by atomic mass is 16.5. The van der Waals surface area contributed by atoms with Gasteiger partial charge in [-0.3, -0.25) is 0 Å². The summed E-state index contributed by atoms with van der Waals surface area (Å²) in [6, 6.07) is 6.03. The fraction of sp³-hybridized carbons (Fsp3) is 0.231. The molecule has 0 aromatic heterocycles. The summed E-state index contributed by atoms with van der Waals surface area (Å²) in [7, 11) is 1.19. The average molecular weight is 250 g/mol. The summed E-state index contributed by atoms with van der Waals surface area (Å²) < 4.78 is 9.28. The highest BCUT2D eigenvalue weighted by Crippen LogP contribution is 2.14. The van der Waals surface area contributed by atoms with E-state index >= 15 is 0 Å². The molecule has 0 aliphatic rings. The molecule has 0 atom stereocenters. The first kappa shape index (κ1) is 13.8. The van der Waals surface area contributed by atoms with Gasteiger partial charge in [0.15, 0.2) is 0 Å². The fourth-order valence-corrected chi connectivity index (χ4v) is 1.26. The zero-order valence-corrected chi connectivity index (χ0v) is 10.2. The van der Waals surface area contributed by atoms with Crippen molar-refractivity contribution in [3.8, 4) is 5.75 Å². The number of esters is 2. The summed E-state index contributed by atoms with van der Waals surface area (Å²) in [5, 5.41) is 9.14. The van der Waals surface area contributed by atoms with Crippen LogP contribution in [0.15, 0.2) is 29.8 Å². The lowest BCUT2D eigenvalue weighted by Gasteiger charge is -2.05. The Labute approximate surface area is 105 Å². The zero-order chi connectivity index (χ0) is 13.5. The first-order chi connectivity index (χ1) is 8.58. The van der Waals surface area contributed by atoms with Crippen molar-refractivity contribution in [1.29, 1.82) is 0 Å². The summed E-state index contributed by atoms with van der Waals surface area (Å²) in [5.74, 6) is -1.40. The van der Waals surface area contributed by atoms with Gasteiger partial charge in [-0.15, -0.1) is 0 Å². The van der Waals surface area contributed by atoms with Crippen molar-refractivity contribution >= 4 is 18.0 Å². The van der Waals surface area contributed by atoms with Gasteiger partial charge >= 0.3 is 11.9 Å². The van der Waals surface area contributed by atoms with Gasteiger partial charge in [-0.2, -0.15) is 0 Å². The van der Waals surface area contributed by atoms with Crippen LogP contribution in [0, 0.1) is 0 Å². The highest BCUT2D eigenvalue weighted by molar-refractivity contribution is 6.17. The summed E-state index contributed by atoms with van der Waals surface area (Å²) in [6.45, 7) is 1.82. The number of phenols is 1. The summed E-state index contributed by atoms with van der Waals surface area (Å²) >= 11 is 0. The van der Waals surface area contributed by atoms with Crippen molar-refractivity contribution in [3.63, 3.8) is 0 Å². The molecule has 0 fully saturated rings. The van der Waals surface area contributed by atoms with Gasteiger partial charge in [0.05, 0.1) is 13.7 Å². The number of ether oxygens (including phenoxy) is 2. The molecule has 0 amide bonds. The van der Waals surface area contributed by atoms with Crippen molar-refractivity contribution in [1.82, 2.24) is 0 Å². The van der Waals surface area contributed by atoms with Crippen molar-refractivity contribution in [3.05, 3.63) is 35.4 Å². The molecule has 0 bridgehead atoms. The van der Waals surface area contributed by atoms with Gasteiger partial charge < -0.3 is 14.6 Å². The molecule has 0 aliphatic carbocycles. The van der Waals surface area contributed by atoms with Crippen LogP contribution in [0.2, 0.25) is 0 Å². The maximum absolute atomic E-state index is 11.6. The second-order valence-corrected chi connectivity index (χ2v) is 3.36. The topological polar surface area (TPSA) is 72.8 Å². The Morgan fingerprint density at radius 2 is 1.83 bits per heavy atom. The normalized spacial score (nSPS) is 10.9. The third-order valence-corrected chi connectivity index (χ3v) is 2.10. The van der Waals surface area contributed by atoms with Crippen molar-refractivity contribution in [2.24, 2.45) is 0 Å². The number of rotatable bonds is 4. The molecule has 1 aromatic rings. The Bertz CT molecular complexity index is 459. The molecule has 0 unspecified atom stereocenters. The van der Waals surface area contributed by atoms with Gasteiger partial charge in [0.2, 0.25) is 0 Å². The molecule has 96 valence electrons. The van der Waals surface area contributed by atoms with E-state index in [0.717, 1.165) is 0 Å². The molecule has 0 heterocycles. The van der Waals surface area contributed by atoms with Crippen LogP contribution in [0.4, 0.5) is 0 Å². The molecule has 5 heteroatoms. The molecule has 1 rings (SSSR count). The molecular formula is C13H14O5. The predicted molar refractivity (Wildman–Crippen MR) is 64.7 cm³/mol. The van der Waals surface area contributed by atoms with E-state index in [2.05, 4.69) is 4.74 Å². The first-order valence-corrected chi connectivity index (χ1v) is 5.34. The molecule has 1 N–H and O–H groups in total. The molecule has 18 heavy (non-hydrogen) atoms. The third kappa shape index (κ3) is 3.62. The van der Waals surface area contributed by atoms with Gasteiger partial charge in [0.1, 0.15) is 11.3 Å². The minimum absolute atomic E-state index is 0.0999. The van der Waals surface area contributed by atoms with Crippen LogP contribution in [0.3, 0.4) is 0 Å². The van der Waals surface area contributed by atoms with Gasteiger partial charge in [-0.1, -0.05) is 12.1 Å². The second-order valence-electron chi connectivity index (χ2n) is 3.36. The minimum Gasteiger partial charge on any atom is -0.508 e. The van der Waals surface area contributed by atoms with Crippen LogP contribution in [-0.4, -0.2) is 30.8 Å². The van der Waals surface area contributed by atoms with Gasteiger partial charge in [0.25, 0.3) is 0 Å². The zero-order valence-electron chi connectivity index (χ0n) is 10.2. The average Bonchev–Trinajstić information content (AvgIpc) is 2.37. The van der Waals surface area contributed by atoms with E-state index in [-0.39, 0.29) is 17.9 Å². The number of carbonyl (C=O) groups is 2. The number of carbonyl (C=O) groups excluding carboxylic acids is 2. The monoisotopic (exact) mass is 250 g/mol. The lowest BCUT2D eigenvalue weighted by Crippen LogP contribution is -2.17. The van der Waals surface area contributed by atoms with E-state index in [1.165, 1.54) is 25.3 Å². The molecule has 0 radical (unpaired) electrons. The molecule has 0 spiro atoms. The largest absolute Gasteiger partial charge is 0.508 e. The van der Waals surface area contributed by atoms with E-state index < -0.39 is 11.9 Å². The summed E-state index contributed by atoms with van der Waals surface area (Å²) in [5.41, 5.74) is 0.395. The molecular weight excluding hydrogens is 236 g/mol. The number of phenolic OH excluding ortho intramolecular Hbond substituents is 1. The Kier molecular flexibility index (Phi) is 4.92. The quantitative estimate of drug-likeness (QED) is 0.379. The van der Waals surface area contributed by atoms with Crippen molar-refractivity contribution in [2.45, 2.75) is 6.92 Å². The van der Waals surface area contributed by atoms with Crippen LogP contribution in [0.5, 0.6) is 5.75 Å². The fourth-order valence-electron chi connectivity index (χ4n) is 1.26. The SMILES string of the molecule is CCOC(=O)C(=Cc1ccc(O)cc1)C(=O)OC. The van der Waals surface area contributed by atoms with Crippen LogP contribution < -0.4 is 0 Å². The smallest absolute Gasteiger partial charge is 0.345 e. The van der Waals surface area contributed by atoms with Crippen molar-refractivity contribution in [2.75, 3.05) is 13.7 Å². The van der Waals surface area contributed by atoms with Gasteiger partial charge in [0, 0.05) is 0 Å². The van der Waals surface area contributed by atoms with Gasteiger partial charge in [-0.05, 0) is 30.7 Å². The summed E-state index contributed by atoms with van der Waals surface area (Å²) in [4.78, 5) is 23.0. The number of benzene rings is 1. The lowest BCUT2D eigenvalue weighted by molar-refractivity contribution is -0.145. The highest BCUT2D eigenvalue weighted by Gasteiger charge is 2.20. The molecule has 0 aliphatic heterocycles. The number of hydrogen-bond acceptors (Lipinski definition) is 5. The van der Waals surface area contributed by atoms with Crippen LogP contribution in [0.1, 0.15) is 12.5 Å². The van der Waals surface area contributed by atoms with E-state index in [9.17, 15) is 9.59 Å². The first-order valence-electron chi connectivity index (χ1n) is 5.34. The molecule has 0 saturated carbocycles. The standard InChI is InChI=1S/C13H14O5/c1-3-18-13(16)11(12(15)17-2)8-9-4-6-10(14)7-5-9/h4-8,14H,3H2,1-2H3. The Morgan fingerprint density at radius 3 is 2.33 bits per heavy atom. The second kappa shape index (κ2) is 6.44. The Balaban J connectivity index is 3.05.